The summed E-state index contributed by atoms with van der Waals surface area (Å²) in [7, 11) is 0. The van der Waals surface area contributed by atoms with E-state index >= 15 is 0 Å². The molecule has 2 atom stereocenters. The molecule has 0 saturated carbocycles. The molecule has 0 aliphatic carbocycles. The number of aliphatic hydroxyl groups is 2. The second-order valence-corrected chi connectivity index (χ2v) is 5.64. The topological polar surface area (TPSA) is 40.5 Å². The van der Waals surface area contributed by atoms with Crippen molar-refractivity contribution in [2.45, 2.75) is 12.2 Å². The number of hydrogen-bond acceptors (Lipinski definition) is 2. The van der Waals surface area contributed by atoms with Crippen molar-refractivity contribution < 1.29 is 10.2 Å². The molecule has 2 rings (SSSR count). The number of aliphatic hydroxyl groups excluding tert-OH is 2. The Morgan fingerprint density at radius 1 is 0.667 bits per heavy atom. The number of hydrogen-bond donors (Lipinski definition) is 2. The largest absolute Gasteiger partial charge is 0.385 e. The van der Waals surface area contributed by atoms with Crippen LogP contribution in [0, 0.1) is 0 Å². The summed E-state index contributed by atoms with van der Waals surface area (Å²) in [6, 6.07) is 14.6. The molecule has 0 heterocycles. The smallest absolute Gasteiger partial charge is 0.110 e. The number of halogens is 2. The Kier molecular flexibility index (Phi) is 4.56. The minimum absolute atomic E-state index is 0.667. The van der Waals surface area contributed by atoms with Crippen molar-refractivity contribution in [3.63, 3.8) is 0 Å². The summed E-state index contributed by atoms with van der Waals surface area (Å²) in [5, 5.41) is 20.5. The van der Waals surface area contributed by atoms with Gasteiger partial charge in [0.1, 0.15) is 12.2 Å². The summed E-state index contributed by atoms with van der Waals surface area (Å²) in [5.41, 5.74) is 1.33. The van der Waals surface area contributed by atoms with Crippen LogP contribution in [0.3, 0.4) is 0 Å². The third kappa shape index (κ3) is 2.83. The Bertz CT molecular complexity index is 493. The molecule has 2 aromatic carbocycles. The van der Waals surface area contributed by atoms with Gasteiger partial charge in [-0.1, -0.05) is 68.3 Å². The molecule has 0 bridgehead atoms. The monoisotopic (exact) mass is 370 g/mol. The van der Waals surface area contributed by atoms with E-state index in [-0.39, 0.29) is 0 Å². The van der Waals surface area contributed by atoms with E-state index in [0.717, 1.165) is 8.95 Å². The van der Waals surface area contributed by atoms with Crippen molar-refractivity contribution in [3.05, 3.63) is 68.6 Å². The molecule has 2 nitrogen and oxygen atoms in total. The van der Waals surface area contributed by atoms with Crippen LogP contribution in [0.25, 0.3) is 0 Å². The van der Waals surface area contributed by atoms with Crippen LogP contribution in [-0.2, 0) is 0 Å². The molecular weight excluding hydrogens is 360 g/mol. The third-order valence-electron chi connectivity index (χ3n) is 2.75. The highest BCUT2D eigenvalue weighted by atomic mass is 79.9. The van der Waals surface area contributed by atoms with Crippen LogP contribution in [0.1, 0.15) is 23.3 Å². The van der Waals surface area contributed by atoms with Gasteiger partial charge in [0.2, 0.25) is 0 Å². The lowest BCUT2D eigenvalue weighted by atomic mass is 9.98. The van der Waals surface area contributed by atoms with Crippen LogP contribution in [0.15, 0.2) is 57.5 Å². The molecule has 0 aromatic heterocycles. The molecule has 94 valence electrons. The molecule has 0 radical (unpaired) electrons. The standard InChI is InChI=1S/C14H12Br2O2/c15-11-7-3-1-5-9(11)13(17)14(18)10-6-2-4-8-12(10)16/h1-8,13-14,17-18H. The fourth-order valence-corrected chi connectivity index (χ4v) is 2.81. The third-order valence-corrected chi connectivity index (χ3v) is 4.19. The Hall–Kier alpha value is -0.680. The minimum atomic E-state index is -0.973. The molecule has 0 saturated heterocycles. The van der Waals surface area contributed by atoms with Crippen molar-refractivity contribution in [1.29, 1.82) is 0 Å². The molecule has 18 heavy (non-hydrogen) atoms. The van der Waals surface area contributed by atoms with Gasteiger partial charge in [0.25, 0.3) is 0 Å². The van der Waals surface area contributed by atoms with Crippen LogP contribution in [0.4, 0.5) is 0 Å². The van der Waals surface area contributed by atoms with Crippen molar-refractivity contribution in [2.75, 3.05) is 0 Å². The van der Waals surface area contributed by atoms with Gasteiger partial charge in [-0.15, -0.1) is 0 Å². The van der Waals surface area contributed by atoms with E-state index in [2.05, 4.69) is 31.9 Å². The van der Waals surface area contributed by atoms with Gasteiger partial charge in [-0.05, 0) is 23.3 Å². The Balaban J connectivity index is 2.33. The zero-order valence-electron chi connectivity index (χ0n) is 9.42. The van der Waals surface area contributed by atoms with E-state index < -0.39 is 12.2 Å². The average Bonchev–Trinajstić information content (AvgIpc) is 2.38. The highest BCUT2D eigenvalue weighted by molar-refractivity contribution is 9.10. The minimum Gasteiger partial charge on any atom is -0.385 e. The second-order valence-electron chi connectivity index (χ2n) is 3.93. The maximum Gasteiger partial charge on any atom is 0.110 e. The van der Waals surface area contributed by atoms with Crippen LogP contribution < -0.4 is 0 Å². The van der Waals surface area contributed by atoms with Gasteiger partial charge in [0.15, 0.2) is 0 Å². The fraction of sp³-hybridized carbons (Fsp3) is 0.143. The van der Waals surface area contributed by atoms with Crippen LogP contribution in [0.2, 0.25) is 0 Å². The lowest BCUT2D eigenvalue weighted by Crippen LogP contribution is -2.11. The zero-order valence-corrected chi connectivity index (χ0v) is 12.6. The molecule has 0 aliphatic heterocycles. The van der Waals surface area contributed by atoms with Gasteiger partial charge in [0, 0.05) is 8.95 Å². The highest BCUT2D eigenvalue weighted by Gasteiger charge is 2.23. The molecule has 4 heteroatoms. The van der Waals surface area contributed by atoms with Gasteiger partial charge < -0.3 is 10.2 Å². The molecule has 2 aromatic rings. The van der Waals surface area contributed by atoms with E-state index in [9.17, 15) is 10.2 Å². The van der Waals surface area contributed by atoms with Crippen LogP contribution >= 0.6 is 31.9 Å². The van der Waals surface area contributed by atoms with E-state index in [1.54, 1.807) is 12.1 Å². The Morgan fingerprint density at radius 2 is 1.00 bits per heavy atom. The molecule has 2 N–H and O–H groups in total. The van der Waals surface area contributed by atoms with Crippen molar-refractivity contribution in [2.24, 2.45) is 0 Å². The first-order chi connectivity index (χ1) is 8.61. The molecule has 0 fully saturated rings. The lowest BCUT2D eigenvalue weighted by Gasteiger charge is -2.20. The van der Waals surface area contributed by atoms with Crippen molar-refractivity contribution in [1.82, 2.24) is 0 Å². The van der Waals surface area contributed by atoms with Gasteiger partial charge in [-0.3, -0.25) is 0 Å². The fourth-order valence-electron chi connectivity index (χ4n) is 1.77. The highest BCUT2D eigenvalue weighted by Crippen LogP contribution is 2.35. The predicted octanol–water partition coefficient (Wildman–Crippen LogP) is 3.98. The summed E-state index contributed by atoms with van der Waals surface area (Å²) in [6.07, 6.45) is -1.95. The average molecular weight is 372 g/mol. The molecule has 0 spiro atoms. The van der Waals surface area contributed by atoms with Gasteiger partial charge in [-0.25, -0.2) is 0 Å². The van der Waals surface area contributed by atoms with E-state index in [1.807, 2.05) is 36.4 Å². The summed E-state index contributed by atoms with van der Waals surface area (Å²) in [5.74, 6) is 0. The van der Waals surface area contributed by atoms with Crippen LogP contribution in [0.5, 0.6) is 0 Å². The Labute approximate surface area is 123 Å². The zero-order chi connectivity index (χ0) is 13.1. The first-order valence-corrected chi connectivity index (χ1v) is 7.05. The molecular formula is C14H12Br2O2. The van der Waals surface area contributed by atoms with Crippen LogP contribution in [-0.4, -0.2) is 10.2 Å². The van der Waals surface area contributed by atoms with Gasteiger partial charge in [0.05, 0.1) is 0 Å². The summed E-state index contributed by atoms with van der Waals surface area (Å²) < 4.78 is 1.56. The van der Waals surface area contributed by atoms with Gasteiger partial charge >= 0.3 is 0 Å². The molecule has 2 unspecified atom stereocenters. The molecule has 0 amide bonds. The maximum absolute atomic E-state index is 10.2. The predicted molar refractivity (Wildman–Crippen MR) is 78.2 cm³/mol. The second kappa shape index (κ2) is 5.97. The van der Waals surface area contributed by atoms with Crippen molar-refractivity contribution in [3.8, 4) is 0 Å². The summed E-state index contributed by atoms with van der Waals surface area (Å²) >= 11 is 6.75. The maximum atomic E-state index is 10.2. The van der Waals surface area contributed by atoms with Gasteiger partial charge in [-0.2, -0.15) is 0 Å². The van der Waals surface area contributed by atoms with E-state index in [0.29, 0.717) is 11.1 Å². The lowest BCUT2D eigenvalue weighted by molar-refractivity contribution is 0.0164. The van der Waals surface area contributed by atoms with Crippen molar-refractivity contribution >= 4 is 31.9 Å². The molecule has 0 aliphatic rings. The van der Waals surface area contributed by atoms with E-state index in [4.69, 9.17) is 0 Å². The summed E-state index contributed by atoms with van der Waals surface area (Å²) in [6.45, 7) is 0. The number of rotatable bonds is 3. The number of benzene rings is 2. The normalized spacial score (nSPS) is 14.2. The summed E-state index contributed by atoms with van der Waals surface area (Å²) in [4.78, 5) is 0. The quantitative estimate of drug-likeness (QED) is 0.856. The first-order valence-electron chi connectivity index (χ1n) is 5.46. The van der Waals surface area contributed by atoms with E-state index in [1.165, 1.54) is 0 Å². The first kappa shape index (κ1) is 13.7. The SMILES string of the molecule is OC(c1ccccc1Br)C(O)c1ccccc1Br. The Morgan fingerprint density at radius 3 is 1.33 bits per heavy atom.